The minimum Gasteiger partial charge on any atom is -0.478 e. The Bertz CT molecular complexity index is 1600. The third-order valence-electron chi connectivity index (χ3n) is 6.09. The number of hydrogen-bond acceptors (Lipinski definition) is 3. The summed E-state index contributed by atoms with van der Waals surface area (Å²) in [6.45, 7) is 6.11. The number of urea groups is 1. The highest BCUT2D eigenvalue weighted by atomic mass is 35.5. The van der Waals surface area contributed by atoms with E-state index in [9.17, 15) is 27.9 Å². The summed E-state index contributed by atoms with van der Waals surface area (Å²) in [6.07, 6.45) is -4.50. The summed E-state index contributed by atoms with van der Waals surface area (Å²) < 4.78 is 45.0. The molecule has 4 aromatic carbocycles. The van der Waals surface area contributed by atoms with E-state index in [-0.39, 0.29) is 33.1 Å². The van der Waals surface area contributed by atoms with Gasteiger partial charge in [0.2, 0.25) is 0 Å². The lowest BCUT2D eigenvalue weighted by Crippen LogP contribution is -2.20. The maximum Gasteiger partial charge on any atom is 0.416 e. The van der Waals surface area contributed by atoms with E-state index < -0.39 is 23.7 Å². The van der Waals surface area contributed by atoms with Crippen molar-refractivity contribution in [1.29, 1.82) is 0 Å². The third-order valence-corrected chi connectivity index (χ3v) is 6.31. The Kier molecular flexibility index (Phi) is 8.30. The molecule has 212 valence electrons. The first-order chi connectivity index (χ1) is 19.2. The van der Waals surface area contributed by atoms with Crippen molar-refractivity contribution in [3.8, 4) is 22.6 Å². The van der Waals surface area contributed by atoms with E-state index in [4.69, 9.17) is 16.3 Å². The average Bonchev–Trinajstić information content (AvgIpc) is 2.88. The Morgan fingerprint density at radius 3 is 2.12 bits per heavy atom. The molecular formula is C31H26ClF3N2O4. The molecule has 2 amide bonds. The number of aromatic carboxylic acids is 1. The number of para-hydroxylation sites is 1. The smallest absolute Gasteiger partial charge is 0.416 e. The molecule has 4 aromatic rings. The topological polar surface area (TPSA) is 87.7 Å². The van der Waals surface area contributed by atoms with Crippen LogP contribution in [0.3, 0.4) is 0 Å². The Hall–Kier alpha value is -4.50. The van der Waals surface area contributed by atoms with Crippen LogP contribution < -0.4 is 15.4 Å². The van der Waals surface area contributed by atoms with Crippen molar-refractivity contribution in [2.75, 3.05) is 10.6 Å². The van der Waals surface area contributed by atoms with Crippen LogP contribution in [0.4, 0.5) is 29.3 Å². The van der Waals surface area contributed by atoms with E-state index in [0.29, 0.717) is 16.9 Å². The standard InChI is InChI=1S/C31H26ClF3N2O4/c1-30(2,3)24-6-4-5-7-26(24)41-27-13-8-18(19-14-20(28(38)39)16-22(32)15-19)17-25(27)37-29(40)36-23-11-9-21(10-12-23)31(33,34)35/h4-17H,1-3H3,(H,38,39)(H2,36,37,40). The maximum absolute atomic E-state index is 12.9. The van der Waals surface area contributed by atoms with E-state index >= 15 is 0 Å². The summed E-state index contributed by atoms with van der Waals surface area (Å²) in [4.78, 5) is 24.5. The van der Waals surface area contributed by atoms with Crippen LogP contribution in [0.5, 0.6) is 11.5 Å². The molecule has 0 heterocycles. The minimum absolute atomic E-state index is 0.0125. The molecule has 0 aliphatic heterocycles. The fourth-order valence-electron chi connectivity index (χ4n) is 4.10. The number of alkyl halides is 3. The SMILES string of the molecule is CC(C)(C)c1ccccc1Oc1ccc(-c2cc(Cl)cc(C(=O)O)c2)cc1NC(=O)Nc1ccc(C(F)(F)F)cc1. The van der Waals surface area contributed by atoms with Crippen molar-refractivity contribution in [1.82, 2.24) is 0 Å². The second-order valence-corrected chi connectivity index (χ2v) is 10.7. The summed E-state index contributed by atoms with van der Waals surface area (Å²) in [5.41, 5.74) is 1.22. The predicted molar refractivity (Wildman–Crippen MR) is 153 cm³/mol. The molecule has 0 saturated carbocycles. The van der Waals surface area contributed by atoms with Gasteiger partial charge in [0.1, 0.15) is 5.75 Å². The molecule has 10 heteroatoms. The molecular weight excluding hydrogens is 557 g/mol. The highest BCUT2D eigenvalue weighted by molar-refractivity contribution is 6.31. The Morgan fingerprint density at radius 1 is 0.805 bits per heavy atom. The van der Waals surface area contributed by atoms with Crippen molar-refractivity contribution >= 4 is 35.0 Å². The molecule has 0 aliphatic carbocycles. The molecule has 0 aromatic heterocycles. The number of hydrogen-bond donors (Lipinski definition) is 3. The van der Waals surface area contributed by atoms with Crippen molar-refractivity contribution < 1.29 is 32.6 Å². The van der Waals surface area contributed by atoms with E-state index in [1.54, 1.807) is 30.3 Å². The predicted octanol–water partition coefficient (Wildman–Crippen LogP) is 9.46. The van der Waals surface area contributed by atoms with Gasteiger partial charge in [0.15, 0.2) is 5.75 Å². The van der Waals surface area contributed by atoms with Gasteiger partial charge in [0, 0.05) is 16.3 Å². The first-order valence-electron chi connectivity index (χ1n) is 12.4. The highest BCUT2D eigenvalue weighted by Crippen LogP contribution is 2.39. The van der Waals surface area contributed by atoms with Crippen LogP contribution in [-0.4, -0.2) is 17.1 Å². The van der Waals surface area contributed by atoms with E-state index in [2.05, 4.69) is 10.6 Å². The van der Waals surface area contributed by atoms with Crippen LogP contribution in [0.2, 0.25) is 5.02 Å². The number of ether oxygens (including phenoxy) is 1. The second kappa shape index (κ2) is 11.5. The molecule has 0 spiro atoms. The van der Waals surface area contributed by atoms with Crippen molar-refractivity contribution in [2.24, 2.45) is 0 Å². The summed E-state index contributed by atoms with van der Waals surface area (Å²) in [7, 11) is 0. The number of carbonyl (C=O) groups is 2. The number of carboxylic acid groups (broad SMARTS) is 1. The Balaban J connectivity index is 1.71. The van der Waals surface area contributed by atoms with Gasteiger partial charge in [-0.25, -0.2) is 9.59 Å². The zero-order valence-corrected chi connectivity index (χ0v) is 23.0. The monoisotopic (exact) mass is 582 g/mol. The van der Waals surface area contributed by atoms with E-state index in [1.807, 2.05) is 39.0 Å². The van der Waals surface area contributed by atoms with Gasteiger partial charge in [-0.1, -0.05) is 56.6 Å². The molecule has 0 radical (unpaired) electrons. The maximum atomic E-state index is 12.9. The number of benzene rings is 4. The number of rotatable bonds is 6. The Morgan fingerprint density at radius 2 is 1.49 bits per heavy atom. The largest absolute Gasteiger partial charge is 0.478 e. The molecule has 0 unspecified atom stereocenters. The molecule has 0 atom stereocenters. The summed E-state index contributed by atoms with van der Waals surface area (Å²) in [5, 5.41) is 14.9. The molecule has 41 heavy (non-hydrogen) atoms. The number of nitrogens with one attached hydrogen (secondary N) is 2. The van der Waals surface area contributed by atoms with Crippen LogP contribution in [0, 0.1) is 0 Å². The average molecular weight is 583 g/mol. The first-order valence-corrected chi connectivity index (χ1v) is 12.8. The molecule has 0 aliphatic rings. The summed E-state index contributed by atoms with van der Waals surface area (Å²) >= 11 is 6.16. The van der Waals surface area contributed by atoms with Crippen molar-refractivity contribution in [3.63, 3.8) is 0 Å². The van der Waals surface area contributed by atoms with Gasteiger partial charge in [-0.05, 0) is 77.2 Å². The molecule has 6 nitrogen and oxygen atoms in total. The molecule has 0 bridgehead atoms. The van der Waals surface area contributed by atoms with Gasteiger partial charge in [-0.3, -0.25) is 0 Å². The lowest BCUT2D eigenvalue weighted by molar-refractivity contribution is -0.137. The van der Waals surface area contributed by atoms with E-state index in [0.717, 1.165) is 29.8 Å². The number of anilines is 2. The van der Waals surface area contributed by atoms with E-state index in [1.165, 1.54) is 12.1 Å². The number of halogens is 4. The lowest BCUT2D eigenvalue weighted by atomic mass is 9.86. The van der Waals surface area contributed by atoms with Gasteiger partial charge >= 0.3 is 18.2 Å². The Labute approximate surface area is 239 Å². The van der Waals surface area contributed by atoms with Crippen molar-refractivity contribution in [3.05, 3.63) is 107 Å². The zero-order valence-electron chi connectivity index (χ0n) is 22.3. The molecule has 4 rings (SSSR count). The zero-order chi connectivity index (χ0) is 29.9. The van der Waals surface area contributed by atoms with Gasteiger partial charge in [0.25, 0.3) is 0 Å². The first kappa shape index (κ1) is 29.5. The summed E-state index contributed by atoms with van der Waals surface area (Å²) in [6, 6.07) is 20.0. The highest BCUT2D eigenvalue weighted by Gasteiger charge is 2.30. The molecule has 0 saturated heterocycles. The number of amides is 2. The molecule has 3 N–H and O–H groups in total. The van der Waals surface area contributed by atoms with Gasteiger partial charge in [-0.2, -0.15) is 13.2 Å². The van der Waals surface area contributed by atoms with Crippen LogP contribution in [0.15, 0.2) is 84.9 Å². The normalized spacial score (nSPS) is 11.6. The lowest BCUT2D eigenvalue weighted by Gasteiger charge is -2.23. The fourth-order valence-corrected chi connectivity index (χ4v) is 4.33. The van der Waals surface area contributed by atoms with Gasteiger partial charge < -0.3 is 20.5 Å². The third kappa shape index (κ3) is 7.37. The second-order valence-electron chi connectivity index (χ2n) is 10.2. The number of carboxylic acids is 1. The quantitative estimate of drug-likeness (QED) is 0.211. The van der Waals surface area contributed by atoms with Gasteiger partial charge in [0.05, 0.1) is 16.8 Å². The van der Waals surface area contributed by atoms with Crippen LogP contribution in [0.25, 0.3) is 11.1 Å². The minimum atomic E-state index is -4.50. The number of carbonyl (C=O) groups excluding carboxylic acids is 1. The summed E-state index contributed by atoms with van der Waals surface area (Å²) in [5.74, 6) is -0.301. The fraction of sp³-hybridized carbons (Fsp3) is 0.161. The van der Waals surface area contributed by atoms with Crippen LogP contribution in [-0.2, 0) is 11.6 Å². The van der Waals surface area contributed by atoms with Crippen LogP contribution >= 0.6 is 11.6 Å². The van der Waals surface area contributed by atoms with Gasteiger partial charge in [-0.15, -0.1) is 0 Å². The van der Waals surface area contributed by atoms with Crippen molar-refractivity contribution in [2.45, 2.75) is 32.4 Å². The van der Waals surface area contributed by atoms with Crippen LogP contribution in [0.1, 0.15) is 42.3 Å². The molecule has 0 fully saturated rings.